The van der Waals surface area contributed by atoms with E-state index in [0.717, 1.165) is 21.9 Å². The van der Waals surface area contributed by atoms with Crippen molar-refractivity contribution in [2.75, 3.05) is 5.32 Å². The fourth-order valence-corrected chi connectivity index (χ4v) is 4.96. The Kier molecular flexibility index (Phi) is 6.94. The minimum atomic E-state index is -0.870. The minimum absolute atomic E-state index is 0.363. The summed E-state index contributed by atoms with van der Waals surface area (Å²) in [5.41, 5.74) is 6.15. The number of nitrogens with zero attached hydrogens (tertiary/aromatic N) is 1. The van der Waals surface area contributed by atoms with Gasteiger partial charge in [-0.3, -0.25) is 4.98 Å². The van der Waals surface area contributed by atoms with E-state index in [9.17, 15) is 4.79 Å². The molecule has 0 spiro atoms. The number of carboxylic acid groups (broad SMARTS) is 1. The maximum atomic E-state index is 10.2. The van der Waals surface area contributed by atoms with Gasteiger partial charge in [-0.05, 0) is 94.7 Å². The molecule has 2 aromatic carbocycles. The molecular weight excluding hydrogens is 510 g/mol. The van der Waals surface area contributed by atoms with Gasteiger partial charge in [0.2, 0.25) is 0 Å². The number of benzene rings is 2. The van der Waals surface area contributed by atoms with E-state index in [1.165, 1.54) is 64.8 Å². The van der Waals surface area contributed by atoms with Gasteiger partial charge in [0, 0.05) is 35.9 Å². The number of hydrogen-bond donors (Lipinski definition) is 3. The first-order valence-corrected chi connectivity index (χ1v) is 13.1. The van der Waals surface area contributed by atoms with Gasteiger partial charge in [-0.1, -0.05) is 24.3 Å². The first kappa shape index (κ1) is 23.0. The average molecular weight is 536 g/mol. The van der Waals surface area contributed by atoms with Crippen LogP contribution in [0.2, 0.25) is 0 Å². The Bertz CT molecular complexity index is 1310. The molecule has 2 fully saturated rings. The van der Waals surface area contributed by atoms with Crippen molar-refractivity contribution in [3.63, 3.8) is 0 Å². The van der Waals surface area contributed by atoms with Crippen molar-refractivity contribution in [3.8, 4) is 11.1 Å². The molecule has 5 nitrogen and oxygen atoms in total. The van der Waals surface area contributed by atoms with Crippen LogP contribution >= 0.6 is 27.3 Å². The zero-order valence-electron chi connectivity index (χ0n) is 18.6. The topological polar surface area (TPSA) is 74.2 Å². The fraction of sp³-hybridized carbons (Fsp3) is 0.259. The van der Waals surface area contributed by atoms with Crippen LogP contribution in [0.1, 0.15) is 40.9 Å². The number of pyridine rings is 1. The van der Waals surface area contributed by atoms with Crippen LogP contribution in [0.4, 0.5) is 5.69 Å². The normalized spacial score (nSPS) is 15.0. The summed E-state index contributed by atoms with van der Waals surface area (Å²) in [5.74, 6) is -0.870. The predicted octanol–water partition coefficient (Wildman–Crippen LogP) is 6.94. The largest absolute Gasteiger partial charge is 0.477 e. The van der Waals surface area contributed by atoms with Gasteiger partial charge in [0.25, 0.3) is 0 Å². The third kappa shape index (κ3) is 6.03. The smallest absolute Gasteiger partial charge is 0.345 e. The Morgan fingerprint density at radius 2 is 1.79 bits per heavy atom. The van der Waals surface area contributed by atoms with Crippen LogP contribution in [0, 0.1) is 0 Å². The lowest BCUT2D eigenvalue weighted by atomic mass is 10.0. The van der Waals surface area contributed by atoms with Gasteiger partial charge < -0.3 is 15.7 Å². The molecule has 2 heterocycles. The van der Waals surface area contributed by atoms with Crippen molar-refractivity contribution in [1.82, 2.24) is 10.3 Å². The second-order valence-corrected chi connectivity index (χ2v) is 11.2. The van der Waals surface area contributed by atoms with Crippen molar-refractivity contribution in [2.45, 2.75) is 44.3 Å². The monoisotopic (exact) mass is 535 g/mol. The fourth-order valence-electron chi connectivity index (χ4n) is 3.74. The summed E-state index contributed by atoms with van der Waals surface area (Å²) in [7, 11) is 0. The molecule has 2 aromatic heterocycles. The standard InChI is InChI=1S/C22H23N3.C5H3BrO2S/c1-2-15(14-24-18-5-6-18)12-16(3-1)17-4-9-21-20(13-17)22(10-11-23-21)25-19-7-8-19;6-4-2-1-3(9-4)5(7)8/h1-4,9-13,18-19,24H,5-8,14H2,(H,23,25);1-2H,(H,7,8). The van der Waals surface area contributed by atoms with Crippen LogP contribution in [0.3, 0.4) is 0 Å². The quantitative estimate of drug-likeness (QED) is 0.239. The number of fused-ring (bicyclic) bond motifs is 1. The van der Waals surface area contributed by atoms with Crippen LogP contribution in [-0.2, 0) is 6.54 Å². The number of nitrogens with one attached hydrogen (secondary N) is 2. The molecule has 2 aliphatic carbocycles. The Balaban J connectivity index is 0.000000227. The number of anilines is 1. The van der Waals surface area contributed by atoms with E-state index in [2.05, 4.69) is 80.1 Å². The molecule has 0 atom stereocenters. The summed E-state index contributed by atoms with van der Waals surface area (Å²) in [5, 5.41) is 16.8. The highest BCUT2D eigenvalue weighted by molar-refractivity contribution is 9.11. The minimum Gasteiger partial charge on any atom is -0.477 e. The lowest BCUT2D eigenvalue weighted by molar-refractivity contribution is 0.0702. The van der Waals surface area contributed by atoms with Crippen molar-refractivity contribution in [2.24, 2.45) is 0 Å². The molecule has 6 rings (SSSR count). The molecular formula is C27H26BrN3O2S. The average Bonchev–Trinajstić information content (AvgIpc) is 3.78. The lowest BCUT2D eigenvalue weighted by Gasteiger charge is -2.11. The number of thiophene rings is 1. The summed E-state index contributed by atoms with van der Waals surface area (Å²) in [6.07, 6.45) is 7.11. The summed E-state index contributed by atoms with van der Waals surface area (Å²) < 4.78 is 0.847. The third-order valence-electron chi connectivity index (χ3n) is 5.90. The maximum absolute atomic E-state index is 10.2. The van der Waals surface area contributed by atoms with Gasteiger partial charge in [0.05, 0.1) is 9.30 Å². The molecule has 0 radical (unpaired) electrons. The van der Waals surface area contributed by atoms with Crippen LogP contribution < -0.4 is 10.6 Å². The highest BCUT2D eigenvalue weighted by Crippen LogP contribution is 2.32. The van der Waals surface area contributed by atoms with Crippen molar-refractivity contribution >= 4 is 49.8 Å². The van der Waals surface area contributed by atoms with Crippen LogP contribution in [-0.4, -0.2) is 28.1 Å². The summed E-state index contributed by atoms with van der Waals surface area (Å²) in [4.78, 5) is 15.1. The van der Waals surface area contributed by atoms with Crippen molar-refractivity contribution < 1.29 is 9.90 Å². The number of aromatic carboxylic acids is 1. The van der Waals surface area contributed by atoms with Crippen molar-refractivity contribution in [1.29, 1.82) is 0 Å². The second-order valence-electron chi connectivity index (χ2n) is 8.77. The molecule has 2 aliphatic rings. The number of carbonyl (C=O) groups is 1. The number of hydrogen-bond acceptors (Lipinski definition) is 5. The summed E-state index contributed by atoms with van der Waals surface area (Å²) in [6, 6.07) is 22.2. The van der Waals surface area contributed by atoms with Crippen LogP contribution in [0.15, 0.2) is 70.6 Å². The Morgan fingerprint density at radius 1 is 1.00 bits per heavy atom. The Labute approximate surface area is 211 Å². The third-order valence-corrected chi connectivity index (χ3v) is 7.51. The lowest BCUT2D eigenvalue weighted by Crippen LogP contribution is -2.15. The highest BCUT2D eigenvalue weighted by atomic mass is 79.9. The van der Waals surface area contributed by atoms with E-state index < -0.39 is 5.97 Å². The molecule has 7 heteroatoms. The first-order chi connectivity index (χ1) is 16.5. The van der Waals surface area contributed by atoms with Gasteiger partial charge >= 0.3 is 5.97 Å². The summed E-state index contributed by atoms with van der Waals surface area (Å²) in [6.45, 7) is 0.960. The molecule has 0 bridgehead atoms. The van der Waals surface area contributed by atoms with Gasteiger partial charge in [0.1, 0.15) is 4.88 Å². The van der Waals surface area contributed by atoms with E-state index in [1.807, 2.05) is 6.20 Å². The number of carboxylic acids is 1. The Morgan fingerprint density at radius 3 is 2.47 bits per heavy atom. The second kappa shape index (κ2) is 10.3. The van der Waals surface area contributed by atoms with Gasteiger partial charge in [-0.25, -0.2) is 4.79 Å². The molecule has 0 saturated heterocycles. The molecule has 3 N–H and O–H groups in total. The van der Waals surface area contributed by atoms with Gasteiger partial charge in [0.15, 0.2) is 0 Å². The molecule has 2 saturated carbocycles. The first-order valence-electron chi connectivity index (χ1n) is 11.5. The number of rotatable bonds is 7. The van der Waals surface area contributed by atoms with E-state index in [4.69, 9.17) is 5.11 Å². The van der Waals surface area contributed by atoms with E-state index in [-0.39, 0.29) is 0 Å². The molecule has 34 heavy (non-hydrogen) atoms. The zero-order valence-corrected chi connectivity index (χ0v) is 21.0. The van der Waals surface area contributed by atoms with Crippen LogP contribution in [0.5, 0.6) is 0 Å². The molecule has 174 valence electrons. The maximum Gasteiger partial charge on any atom is 0.345 e. The van der Waals surface area contributed by atoms with Crippen LogP contribution in [0.25, 0.3) is 22.0 Å². The van der Waals surface area contributed by atoms with E-state index in [1.54, 1.807) is 12.1 Å². The highest BCUT2D eigenvalue weighted by Gasteiger charge is 2.22. The summed E-state index contributed by atoms with van der Waals surface area (Å²) >= 11 is 4.37. The Hall–Kier alpha value is -2.74. The van der Waals surface area contributed by atoms with Crippen molar-refractivity contribution in [3.05, 3.63) is 81.1 Å². The molecule has 4 aromatic rings. The molecule has 0 aliphatic heterocycles. The SMILES string of the molecule is O=C(O)c1ccc(Br)s1.c1cc(CNC2CC2)cc(-c2ccc3nccc(NC4CC4)c3c2)c1. The van der Waals surface area contributed by atoms with Gasteiger partial charge in [-0.15, -0.1) is 11.3 Å². The van der Waals surface area contributed by atoms with Gasteiger partial charge in [-0.2, -0.15) is 0 Å². The molecule has 0 amide bonds. The van der Waals surface area contributed by atoms with E-state index in [0.29, 0.717) is 10.9 Å². The zero-order chi connectivity index (χ0) is 23.5. The predicted molar refractivity (Wildman–Crippen MR) is 143 cm³/mol. The number of aromatic nitrogens is 1. The van der Waals surface area contributed by atoms with E-state index >= 15 is 0 Å². The number of halogens is 1. The molecule has 0 unspecified atom stereocenters.